The minimum absolute atomic E-state index is 0.273. The Kier molecular flexibility index (Phi) is 5.67. The fourth-order valence-corrected chi connectivity index (χ4v) is 4.37. The quantitative estimate of drug-likeness (QED) is 0.407. The van der Waals surface area contributed by atoms with Crippen LogP contribution >= 0.6 is 0 Å². The van der Waals surface area contributed by atoms with E-state index in [-0.39, 0.29) is 5.82 Å². The molecule has 4 aromatic rings. The summed E-state index contributed by atoms with van der Waals surface area (Å²) in [6, 6.07) is 14.7. The number of fused-ring (bicyclic) bond motifs is 1. The van der Waals surface area contributed by atoms with Crippen LogP contribution in [0.1, 0.15) is 32.1 Å². The summed E-state index contributed by atoms with van der Waals surface area (Å²) in [5, 5.41) is 4.54. The molecule has 2 aromatic heterocycles. The number of ether oxygens (including phenoxy) is 1. The second-order valence-electron chi connectivity index (χ2n) is 8.20. The Morgan fingerprint density at radius 1 is 0.938 bits per heavy atom. The molecular formula is C26H25FN4O. The Hall–Kier alpha value is -3.54. The standard InChI is InChI=1S/C26H25FN4O/c1-32-23-15-19(17-7-5-9-20(27)13-17)14-22-24(23)30-25(18-8-6-12-28-16-18)31-26(22)29-21-10-3-2-4-11-21/h5-9,12-16,21H,2-4,10-11H2,1H3,(H,29,30,31). The number of pyridine rings is 1. The lowest BCUT2D eigenvalue weighted by Crippen LogP contribution is -2.23. The lowest BCUT2D eigenvalue weighted by Gasteiger charge is -2.24. The van der Waals surface area contributed by atoms with Crippen LogP contribution in [-0.2, 0) is 0 Å². The van der Waals surface area contributed by atoms with Crippen molar-refractivity contribution in [3.05, 3.63) is 66.7 Å². The van der Waals surface area contributed by atoms with Crippen LogP contribution < -0.4 is 10.1 Å². The molecule has 1 fully saturated rings. The van der Waals surface area contributed by atoms with Gasteiger partial charge in [0.2, 0.25) is 0 Å². The van der Waals surface area contributed by atoms with E-state index in [1.165, 1.54) is 31.4 Å². The lowest BCUT2D eigenvalue weighted by atomic mass is 9.95. The predicted molar refractivity (Wildman–Crippen MR) is 125 cm³/mol. The molecule has 0 saturated heterocycles. The van der Waals surface area contributed by atoms with Gasteiger partial charge in [0, 0.05) is 29.4 Å². The zero-order chi connectivity index (χ0) is 21.9. The SMILES string of the molecule is COc1cc(-c2cccc(F)c2)cc2c(NC3CCCCC3)nc(-c3cccnc3)nc12. The lowest BCUT2D eigenvalue weighted by molar-refractivity contribution is 0.419. The molecule has 1 aliphatic carbocycles. The number of anilines is 1. The largest absolute Gasteiger partial charge is 0.494 e. The fraction of sp³-hybridized carbons (Fsp3) is 0.269. The zero-order valence-electron chi connectivity index (χ0n) is 18.0. The van der Waals surface area contributed by atoms with Gasteiger partial charge in [-0.2, -0.15) is 0 Å². The summed E-state index contributed by atoms with van der Waals surface area (Å²) in [6.45, 7) is 0. The van der Waals surface area contributed by atoms with Gasteiger partial charge in [-0.25, -0.2) is 14.4 Å². The molecule has 0 radical (unpaired) electrons. The van der Waals surface area contributed by atoms with Crippen molar-refractivity contribution in [2.45, 2.75) is 38.1 Å². The maximum atomic E-state index is 13.9. The zero-order valence-corrected chi connectivity index (χ0v) is 18.0. The number of nitrogens with one attached hydrogen (secondary N) is 1. The minimum atomic E-state index is -0.273. The van der Waals surface area contributed by atoms with Crippen LogP contribution in [0.2, 0.25) is 0 Å². The Bertz CT molecular complexity index is 1240. The smallest absolute Gasteiger partial charge is 0.163 e. The first-order valence-corrected chi connectivity index (χ1v) is 11.0. The van der Waals surface area contributed by atoms with Crippen molar-refractivity contribution < 1.29 is 9.13 Å². The number of hydrogen-bond acceptors (Lipinski definition) is 5. The van der Waals surface area contributed by atoms with Crippen LogP contribution in [0.4, 0.5) is 10.2 Å². The van der Waals surface area contributed by atoms with Crippen molar-refractivity contribution in [1.29, 1.82) is 0 Å². The van der Waals surface area contributed by atoms with Crippen LogP contribution in [0, 0.1) is 5.82 Å². The molecule has 1 saturated carbocycles. The molecule has 0 bridgehead atoms. The molecule has 1 aliphatic rings. The second-order valence-corrected chi connectivity index (χ2v) is 8.20. The van der Waals surface area contributed by atoms with Crippen molar-refractivity contribution in [2.24, 2.45) is 0 Å². The van der Waals surface area contributed by atoms with E-state index < -0.39 is 0 Å². The highest BCUT2D eigenvalue weighted by atomic mass is 19.1. The van der Waals surface area contributed by atoms with Gasteiger partial charge in [0.15, 0.2) is 5.82 Å². The van der Waals surface area contributed by atoms with Crippen molar-refractivity contribution >= 4 is 16.7 Å². The highest BCUT2D eigenvalue weighted by molar-refractivity contribution is 5.98. The summed E-state index contributed by atoms with van der Waals surface area (Å²) in [7, 11) is 1.63. The average molecular weight is 429 g/mol. The predicted octanol–water partition coefficient (Wildman–Crippen LogP) is 6.25. The molecule has 5 rings (SSSR count). The van der Waals surface area contributed by atoms with Crippen molar-refractivity contribution in [3.8, 4) is 28.3 Å². The van der Waals surface area contributed by atoms with Crippen LogP contribution in [0.5, 0.6) is 5.75 Å². The summed E-state index contributed by atoms with van der Waals surface area (Å²) < 4.78 is 19.6. The third-order valence-electron chi connectivity index (χ3n) is 6.01. The Labute approximate surface area is 186 Å². The number of rotatable bonds is 5. The van der Waals surface area contributed by atoms with Gasteiger partial charge in [-0.05, 0) is 60.4 Å². The number of benzene rings is 2. The number of halogens is 1. The topological polar surface area (TPSA) is 59.9 Å². The van der Waals surface area contributed by atoms with Gasteiger partial charge in [-0.15, -0.1) is 0 Å². The van der Waals surface area contributed by atoms with E-state index in [2.05, 4.69) is 10.3 Å². The van der Waals surface area contributed by atoms with Gasteiger partial charge >= 0.3 is 0 Å². The highest BCUT2D eigenvalue weighted by Crippen LogP contribution is 2.37. The number of methoxy groups -OCH3 is 1. The molecule has 0 aliphatic heterocycles. The number of nitrogens with zero attached hydrogens (tertiary/aromatic N) is 3. The van der Waals surface area contributed by atoms with Crippen LogP contribution in [-0.4, -0.2) is 28.1 Å². The first kappa shape index (κ1) is 20.4. The van der Waals surface area contributed by atoms with Gasteiger partial charge in [0.25, 0.3) is 0 Å². The third-order valence-corrected chi connectivity index (χ3v) is 6.01. The minimum Gasteiger partial charge on any atom is -0.494 e. The summed E-state index contributed by atoms with van der Waals surface area (Å²) >= 11 is 0. The van der Waals surface area contributed by atoms with Gasteiger partial charge in [0.05, 0.1) is 7.11 Å². The van der Waals surface area contributed by atoms with Crippen LogP contribution in [0.25, 0.3) is 33.4 Å². The van der Waals surface area contributed by atoms with E-state index in [1.54, 1.807) is 25.6 Å². The van der Waals surface area contributed by atoms with E-state index in [9.17, 15) is 4.39 Å². The maximum absolute atomic E-state index is 13.9. The normalized spacial score (nSPS) is 14.4. The Balaban J connectivity index is 1.70. The maximum Gasteiger partial charge on any atom is 0.163 e. The molecule has 0 unspecified atom stereocenters. The van der Waals surface area contributed by atoms with Crippen LogP contribution in [0.15, 0.2) is 60.9 Å². The molecule has 0 amide bonds. The molecule has 5 nitrogen and oxygen atoms in total. The Morgan fingerprint density at radius 2 is 1.78 bits per heavy atom. The van der Waals surface area contributed by atoms with Crippen molar-refractivity contribution in [3.63, 3.8) is 0 Å². The molecule has 2 heterocycles. The third kappa shape index (κ3) is 4.13. The van der Waals surface area contributed by atoms with Crippen molar-refractivity contribution in [1.82, 2.24) is 15.0 Å². The van der Waals surface area contributed by atoms with E-state index in [0.717, 1.165) is 46.3 Å². The van der Waals surface area contributed by atoms with Crippen LogP contribution in [0.3, 0.4) is 0 Å². The van der Waals surface area contributed by atoms with E-state index in [4.69, 9.17) is 14.7 Å². The van der Waals surface area contributed by atoms with Gasteiger partial charge in [0.1, 0.15) is 22.9 Å². The van der Waals surface area contributed by atoms with Gasteiger partial charge in [-0.3, -0.25) is 4.98 Å². The van der Waals surface area contributed by atoms with Crippen molar-refractivity contribution in [2.75, 3.05) is 12.4 Å². The summed E-state index contributed by atoms with van der Waals surface area (Å²) in [4.78, 5) is 14.0. The monoisotopic (exact) mass is 428 g/mol. The first-order chi connectivity index (χ1) is 15.7. The summed E-state index contributed by atoms with van der Waals surface area (Å²) in [6.07, 6.45) is 9.45. The van der Waals surface area contributed by atoms with E-state index in [0.29, 0.717) is 17.6 Å². The molecule has 162 valence electrons. The van der Waals surface area contributed by atoms with Gasteiger partial charge < -0.3 is 10.1 Å². The second kappa shape index (κ2) is 8.91. The number of hydrogen-bond donors (Lipinski definition) is 1. The summed E-state index contributed by atoms with van der Waals surface area (Å²) in [5.41, 5.74) is 3.21. The molecular weight excluding hydrogens is 403 g/mol. The molecule has 2 aromatic carbocycles. The number of aromatic nitrogens is 3. The fourth-order valence-electron chi connectivity index (χ4n) is 4.37. The molecule has 1 N–H and O–H groups in total. The summed E-state index contributed by atoms with van der Waals surface area (Å²) in [5.74, 6) is 1.73. The Morgan fingerprint density at radius 3 is 2.53 bits per heavy atom. The molecule has 32 heavy (non-hydrogen) atoms. The average Bonchev–Trinajstić information content (AvgIpc) is 2.84. The first-order valence-electron chi connectivity index (χ1n) is 11.0. The van der Waals surface area contributed by atoms with E-state index >= 15 is 0 Å². The van der Waals surface area contributed by atoms with E-state index in [1.807, 2.05) is 30.3 Å². The van der Waals surface area contributed by atoms with Gasteiger partial charge in [-0.1, -0.05) is 31.4 Å². The highest BCUT2D eigenvalue weighted by Gasteiger charge is 2.19. The molecule has 6 heteroatoms. The molecule has 0 atom stereocenters. The molecule has 0 spiro atoms.